The number of Topliss-reactive ketones (excluding diaryl/α,β-unsaturated/α-hetero) is 1. The Morgan fingerprint density at radius 3 is 2.55 bits per heavy atom. The Balaban J connectivity index is 2.85. The summed E-state index contributed by atoms with van der Waals surface area (Å²) in [5.41, 5.74) is 0. The second-order valence-corrected chi connectivity index (χ2v) is 3.69. The van der Waals surface area contributed by atoms with E-state index >= 15 is 0 Å². The van der Waals surface area contributed by atoms with Gasteiger partial charge in [0, 0.05) is 5.92 Å². The van der Waals surface area contributed by atoms with E-state index in [-0.39, 0.29) is 11.7 Å². The van der Waals surface area contributed by atoms with Crippen LogP contribution < -0.4 is 0 Å². The number of carbonyl (C=O) groups excluding carboxylic acids is 1. The number of rotatable bonds is 2. The van der Waals surface area contributed by atoms with Gasteiger partial charge in [-0.05, 0) is 34.7 Å². The minimum absolute atomic E-state index is 0.0111. The molecule has 0 aliphatic rings. The quantitative estimate of drug-likeness (QED) is 0.607. The lowest BCUT2D eigenvalue weighted by molar-refractivity contribution is 0.0910. The van der Waals surface area contributed by atoms with Crippen molar-refractivity contribution in [1.82, 2.24) is 0 Å². The molecule has 60 valence electrons. The number of halogens is 1. The van der Waals surface area contributed by atoms with E-state index in [0.717, 1.165) is 3.77 Å². The molecule has 0 unspecified atom stereocenters. The maximum absolute atomic E-state index is 11.3. The zero-order valence-corrected chi connectivity index (χ0v) is 8.58. The minimum Gasteiger partial charge on any atom is -0.447 e. The second kappa shape index (κ2) is 3.38. The van der Waals surface area contributed by atoms with Crippen molar-refractivity contribution in [2.75, 3.05) is 0 Å². The summed E-state index contributed by atoms with van der Waals surface area (Å²) >= 11 is 2.04. The van der Waals surface area contributed by atoms with E-state index in [1.54, 1.807) is 12.1 Å². The van der Waals surface area contributed by atoms with Crippen molar-refractivity contribution in [1.29, 1.82) is 0 Å². The highest BCUT2D eigenvalue weighted by atomic mass is 127. The lowest BCUT2D eigenvalue weighted by Crippen LogP contribution is -2.05. The summed E-state index contributed by atoms with van der Waals surface area (Å²) in [7, 11) is 0. The molecule has 3 heteroatoms. The molecule has 0 aromatic carbocycles. The van der Waals surface area contributed by atoms with Crippen LogP contribution in [0.15, 0.2) is 16.5 Å². The molecule has 11 heavy (non-hydrogen) atoms. The SMILES string of the molecule is CC(C)C(=O)c1ccc(I)o1. The van der Waals surface area contributed by atoms with Crippen LogP contribution in [-0.2, 0) is 0 Å². The number of hydrogen-bond donors (Lipinski definition) is 0. The summed E-state index contributed by atoms with van der Waals surface area (Å²) in [6.07, 6.45) is 0. The van der Waals surface area contributed by atoms with E-state index in [2.05, 4.69) is 0 Å². The van der Waals surface area contributed by atoms with Crippen LogP contribution in [0.5, 0.6) is 0 Å². The molecule has 0 saturated heterocycles. The molecule has 0 aliphatic heterocycles. The Hall–Kier alpha value is -0.320. The van der Waals surface area contributed by atoms with Crippen molar-refractivity contribution in [2.45, 2.75) is 13.8 Å². The van der Waals surface area contributed by atoms with Crippen molar-refractivity contribution < 1.29 is 9.21 Å². The fourth-order valence-corrected chi connectivity index (χ4v) is 1.15. The number of ketones is 1. The number of hydrogen-bond acceptors (Lipinski definition) is 2. The summed E-state index contributed by atoms with van der Waals surface area (Å²) < 4.78 is 5.90. The van der Waals surface area contributed by atoms with Gasteiger partial charge in [-0.25, -0.2) is 0 Å². The fraction of sp³-hybridized carbons (Fsp3) is 0.375. The molecule has 0 saturated carbocycles. The molecule has 0 amide bonds. The minimum atomic E-state index is 0.0111. The summed E-state index contributed by atoms with van der Waals surface area (Å²) in [5.74, 6) is 0.536. The van der Waals surface area contributed by atoms with E-state index in [1.807, 2.05) is 36.4 Å². The van der Waals surface area contributed by atoms with Crippen LogP contribution in [0.2, 0.25) is 0 Å². The van der Waals surface area contributed by atoms with Gasteiger partial charge in [0.25, 0.3) is 0 Å². The first-order chi connectivity index (χ1) is 5.11. The third kappa shape index (κ3) is 2.05. The van der Waals surface area contributed by atoms with Gasteiger partial charge in [0.15, 0.2) is 9.53 Å². The first kappa shape index (κ1) is 8.77. The zero-order valence-electron chi connectivity index (χ0n) is 6.43. The Morgan fingerprint density at radius 2 is 2.18 bits per heavy atom. The summed E-state index contributed by atoms with van der Waals surface area (Å²) in [6, 6.07) is 3.50. The van der Waals surface area contributed by atoms with Gasteiger partial charge >= 0.3 is 0 Å². The van der Waals surface area contributed by atoms with Gasteiger partial charge in [-0.1, -0.05) is 13.8 Å². The monoisotopic (exact) mass is 264 g/mol. The summed E-state index contributed by atoms with van der Waals surface area (Å²) in [5, 5.41) is 0. The molecule has 0 N–H and O–H groups in total. The number of carbonyl (C=O) groups is 1. The molecule has 0 bridgehead atoms. The normalized spacial score (nSPS) is 10.5. The smallest absolute Gasteiger partial charge is 0.200 e. The highest BCUT2D eigenvalue weighted by Gasteiger charge is 2.13. The molecular weight excluding hydrogens is 255 g/mol. The van der Waals surface area contributed by atoms with Gasteiger partial charge < -0.3 is 4.42 Å². The molecule has 1 aromatic rings. The topological polar surface area (TPSA) is 30.2 Å². The number of furan rings is 1. The average molecular weight is 264 g/mol. The van der Waals surface area contributed by atoms with Crippen LogP contribution in [0, 0.1) is 9.68 Å². The first-order valence-electron chi connectivity index (χ1n) is 3.41. The van der Waals surface area contributed by atoms with Crippen LogP contribution in [0.3, 0.4) is 0 Å². The Labute approximate surface area is 79.1 Å². The standard InChI is InChI=1S/C8H9IO2/c1-5(2)8(10)6-3-4-7(9)11-6/h3-5H,1-2H3. The third-order valence-electron chi connectivity index (χ3n) is 1.34. The van der Waals surface area contributed by atoms with Crippen molar-refractivity contribution >= 4 is 28.4 Å². The average Bonchev–Trinajstić information content (AvgIpc) is 2.34. The molecule has 0 radical (unpaired) electrons. The van der Waals surface area contributed by atoms with Crippen molar-refractivity contribution in [3.8, 4) is 0 Å². The van der Waals surface area contributed by atoms with Gasteiger partial charge in [0.2, 0.25) is 5.78 Å². The van der Waals surface area contributed by atoms with Gasteiger partial charge in [-0.3, -0.25) is 4.79 Å². The maximum atomic E-state index is 11.3. The van der Waals surface area contributed by atoms with Crippen LogP contribution in [-0.4, -0.2) is 5.78 Å². The van der Waals surface area contributed by atoms with E-state index in [9.17, 15) is 4.79 Å². The van der Waals surface area contributed by atoms with E-state index in [0.29, 0.717) is 5.76 Å². The predicted octanol–water partition coefficient (Wildman–Crippen LogP) is 2.72. The third-order valence-corrected chi connectivity index (χ3v) is 1.92. The maximum Gasteiger partial charge on any atom is 0.200 e. The molecule has 1 heterocycles. The van der Waals surface area contributed by atoms with Gasteiger partial charge in [0.1, 0.15) is 0 Å². The van der Waals surface area contributed by atoms with E-state index in [1.165, 1.54) is 0 Å². The lowest BCUT2D eigenvalue weighted by atomic mass is 10.1. The van der Waals surface area contributed by atoms with Crippen LogP contribution >= 0.6 is 22.6 Å². The summed E-state index contributed by atoms with van der Waals surface area (Å²) in [6.45, 7) is 3.72. The van der Waals surface area contributed by atoms with Crippen LogP contribution in [0.1, 0.15) is 24.4 Å². The van der Waals surface area contributed by atoms with Crippen LogP contribution in [0.4, 0.5) is 0 Å². The van der Waals surface area contributed by atoms with Crippen molar-refractivity contribution in [3.05, 3.63) is 21.7 Å². The highest BCUT2D eigenvalue weighted by molar-refractivity contribution is 14.1. The predicted molar refractivity (Wildman–Crippen MR) is 50.6 cm³/mol. The molecule has 1 rings (SSSR count). The largest absolute Gasteiger partial charge is 0.447 e. The van der Waals surface area contributed by atoms with Crippen LogP contribution in [0.25, 0.3) is 0 Å². The molecule has 1 aromatic heterocycles. The van der Waals surface area contributed by atoms with Gasteiger partial charge in [0.05, 0.1) is 0 Å². The molecule has 0 spiro atoms. The first-order valence-corrected chi connectivity index (χ1v) is 4.48. The van der Waals surface area contributed by atoms with Gasteiger partial charge in [-0.15, -0.1) is 0 Å². The molecule has 0 atom stereocenters. The molecule has 0 fully saturated rings. The Morgan fingerprint density at radius 1 is 1.55 bits per heavy atom. The van der Waals surface area contributed by atoms with Crippen molar-refractivity contribution in [2.24, 2.45) is 5.92 Å². The molecule has 0 aliphatic carbocycles. The lowest BCUT2D eigenvalue weighted by Gasteiger charge is -1.97. The van der Waals surface area contributed by atoms with Gasteiger partial charge in [-0.2, -0.15) is 0 Å². The Bertz CT molecular complexity index is 263. The van der Waals surface area contributed by atoms with E-state index < -0.39 is 0 Å². The Kier molecular flexibility index (Phi) is 2.70. The van der Waals surface area contributed by atoms with Crippen molar-refractivity contribution in [3.63, 3.8) is 0 Å². The molecular formula is C8H9IO2. The second-order valence-electron chi connectivity index (χ2n) is 2.62. The molecule has 2 nitrogen and oxygen atoms in total. The van der Waals surface area contributed by atoms with E-state index in [4.69, 9.17) is 4.42 Å². The fourth-order valence-electron chi connectivity index (χ4n) is 0.731. The summed E-state index contributed by atoms with van der Waals surface area (Å²) in [4.78, 5) is 11.3. The zero-order chi connectivity index (χ0) is 8.43. The highest BCUT2D eigenvalue weighted by Crippen LogP contribution is 2.13.